The van der Waals surface area contributed by atoms with Gasteiger partial charge >= 0.3 is 0 Å². The highest BCUT2D eigenvalue weighted by Gasteiger charge is 2.19. The minimum atomic E-state index is -0.647. The number of benzene rings is 1. The summed E-state index contributed by atoms with van der Waals surface area (Å²) < 4.78 is 5.05. The van der Waals surface area contributed by atoms with Crippen molar-refractivity contribution < 1.29 is 14.1 Å². The molecule has 0 aliphatic rings. The Morgan fingerprint density at radius 1 is 1.40 bits per heavy atom. The van der Waals surface area contributed by atoms with Gasteiger partial charge in [0.1, 0.15) is 5.76 Å². The highest BCUT2D eigenvalue weighted by molar-refractivity contribution is 6.44. The first-order valence-corrected chi connectivity index (χ1v) is 6.18. The number of nitrogens with one attached hydrogen (secondary N) is 1. The summed E-state index contributed by atoms with van der Waals surface area (Å²) in [6.45, 7) is 0.141. The van der Waals surface area contributed by atoms with Crippen molar-refractivity contribution in [1.82, 2.24) is 5.32 Å². The number of hydrogen-bond donors (Lipinski definition) is 1. The second-order valence-electron chi connectivity index (χ2n) is 3.81. The molecule has 0 fully saturated rings. The molecule has 20 heavy (non-hydrogen) atoms. The minimum Gasteiger partial charge on any atom is -0.467 e. The van der Waals surface area contributed by atoms with E-state index in [4.69, 9.17) is 27.6 Å². The first kappa shape index (κ1) is 14.4. The molecule has 1 aromatic carbocycles. The number of nitro benzene ring substituents is 1. The second kappa shape index (κ2) is 5.94. The molecule has 0 aliphatic heterocycles. The third-order valence-electron chi connectivity index (χ3n) is 2.47. The Kier molecular flexibility index (Phi) is 4.26. The lowest BCUT2D eigenvalue weighted by molar-refractivity contribution is -0.384. The number of nitro groups is 1. The molecule has 0 bridgehead atoms. The number of rotatable bonds is 4. The third-order valence-corrected chi connectivity index (χ3v) is 3.27. The van der Waals surface area contributed by atoms with E-state index in [1.54, 1.807) is 12.1 Å². The molecule has 1 N–H and O–H groups in total. The van der Waals surface area contributed by atoms with Crippen LogP contribution in [0.15, 0.2) is 34.9 Å². The number of carbonyl (C=O) groups is 1. The number of furan rings is 1. The van der Waals surface area contributed by atoms with Crippen LogP contribution in [0.5, 0.6) is 0 Å². The minimum absolute atomic E-state index is 0.0331. The van der Waals surface area contributed by atoms with Crippen molar-refractivity contribution in [2.75, 3.05) is 0 Å². The van der Waals surface area contributed by atoms with Gasteiger partial charge in [-0.15, -0.1) is 0 Å². The van der Waals surface area contributed by atoms with Crippen LogP contribution in [-0.4, -0.2) is 10.8 Å². The Morgan fingerprint density at radius 3 is 2.75 bits per heavy atom. The Hall–Kier alpha value is -2.05. The molecule has 2 aromatic rings. The van der Waals surface area contributed by atoms with Crippen LogP contribution in [-0.2, 0) is 6.54 Å². The zero-order valence-electron chi connectivity index (χ0n) is 9.93. The summed E-state index contributed by atoms with van der Waals surface area (Å²) in [6, 6.07) is 5.53. The van der Waals surface area contributed by atoms with Crippen LogP contribution < -0.4 is 5.32 Å². The summed E-state index contributed by atoms with van der Waals surface area (Å²) in [5.74, 6) is -0.0250. The van der Waals surface area contributed by atoms with Crippen LogP contribution in [0.3, 0.4) is 0 Å². The molecule has 2 rings (SSSR count). The fourth-order valence-electron chi connectivity index (χ4n) is 1.52. The van der Waals surface area contributed by atoms with E-state index in [0.717, 1.165) is 12.1 Å². The lowest BCUT2D eigenvalue weighted by atomic mass is 10.2. The fourth-order valence-corrected chi connectivity index (χ4v) is 1.93. The number of halogens is 2. The normalized spacial score (nSPS) is 10.3. The van der Waals surface area contributed by atoms with E-state index in [-0.39, 0.29) is 27.8 Å². The Bertz CT molecular complexity index is 656. The molecule has 1 aromatic heterocycles. The van der Waals surface area contributed by atoms with E-state index in [1.165, 1.54) is 6.26 Å². The van der Waals surface area contributed by atoms with Gasteiger partial charge in [0.05, 0.1) is 33.3 Å². The van der Waals surface area contributed by atoms with Crippen LogP contribution in [0.2, 0.25) is 10.0 Å². The summed E-state index contributed by atoms with van der Waals surface area (Å²) >= 11 is 11.7. The van der Waals surface area contributed by atoms with Crippen molar-refractivity contribution in [3.8, 4) is 0 Å². The van der Waals surface area contributed by atoms with Gasteiger partial charge in [0.2, 0.25) is 0 Å². The maximum absolute atomic E-state index is 12.0. The maximum Gasteiger partial charge on any atom is 0.271 e. The van der Waals surface area contributed by atoms with Gasteiger partial charge < -0.3 is 9.73 Å². The summed E-state index contributed by atoms with van der Waals surface area (Å²) in [5.41, 5.74) is -0.361. The van der Waals surface area contributed by atoms with Crippen molar-refractivity contribution >= 4 is 34.8 Å². The van der Waals surface area contributed by atoms with Gasteiger partial charge in [0.15, 0.2) is 0 Å². The topological polar surface area (TPSA) is 85.4 Å². The number of nitrogens with zero attached hydrogens (tertiary/aromatic N) is 1. The molecular formula is C12H8Cl2N2O4. The van der Waals surface area contributed by atoms with Crippen LogP contribution >= 0.6 is 23.2 Å². The van der Waals surface area contributed by atoms with Crippen molar-refractivity contribution in [3.63, 3.8) is 0 Å². The summed E-state index contributed by atoms with van der Waals surface area (Å²) in [4.78, 5) is 22.1. The molecule has 0 saturated carbocycles. The van der Waals surface area contributed by atoms with Crippen LogP contribution in [0, 0.1) is 10.1 Å². The highest BCUT2D eigenvalue weighted by Crippen LogP contribution is 2.30. The molecule has 0 unspecified atom stereocenters. The predicted molar refractivity (Wildman–Crippen MR) is 73.0 cm³/mol. The van der Waals surface area contributed by atoms with Crippen LogP contribution in [0.25, 0.3) is 0 Å². The molecule has 6 nitrogen and oxygen atoms in total. The van der Waals surface area contributed by atoms with Gasteiger partial charge in [-0.05, 0) is 12.1 Å². The first-order valence-electron chi connectivity index (χ1n) is 5.43. The van der Waals surface area contributed by atoms with Gasteiger partial charge in [-0.3, -0.25) is 14.9 Å². The molecule has 8 heteroatoms. The lowest BCUT2D eigenvalue weighted by Gasteiger charge is -2.06. The smallest absolute Gasteiger partial charge is 0.271 e. The number of carbonyl (C=O) groups excluding carboxylic acids is 1. The summed E-state index contributed by atoms with van der Waals surface area (Å²) in [6.07, 6.45) is 1.47. The molecule has 1 amide bonds. The quantitative estimate of drug-likeness (QED) is 0.692. The fraction of sp³-hybridized carbons (Fsp3) is 0.0833. The predicted octanol–water partition coefficient (Wildman–Crippen LogP) is 3.42. The Balaban J connectivity index is 2.22. The Labute approximate surface area is 123 Å². The van der Waals surface area contributed by atoms with E-state index in [0.29, 0.717) is 5.76 Å². The largest absolute Gasteiger partial charge is 0.467 e. The first-order chi connectivity index (χ1) is 9.49. The average molecular weight is 315 g/mol. The molecule has 104 valence electrons. The maximum atomic E-state index is 12.0. The van der Waals surface area contributed by atoms with Crippen LogP contribution in [0.1, 0.15) is 16.1 Å². The van der Waals surface area contributed by atoms with Gasteiger partial charge in [0.25, 0.3) is 11.6 Å². The molecular weight excluding hydrogens is 307 g/mol. The van der Waals surface area contributed by atoms with Crippen LogP contribution in [0.4, 0.5) is 5.69 Å². The molecule has 0 spiro atoms. The monoisotopic (exact) mass is 314 g/mol. The zero-order valence-corrected chi connectivity index (χ0v) is 11.4. The SMILES string of the molecule is O=C(NCc1ccco1)c1cc([N+](=O)[O-])cc(Cl)c1Cl. The van der Waals surface area contributed by atoms with E-state index in [9.17, 15) is 14.9 Å². The second-order valence-corrected chi connectivity index (χ2v) is 4.59. The average Bonchev–Trinajstić information content (AvgIpc) is 2.92. The number of non-ortho nitro benzene ring substituents is 1. The third kappa shape index (κ3) is 3.09. The van der Waals surface area contributed by atoms with E-state index in [1.807, 2.05) is 0 Å². The Morgan fingerprint density at radius 2 is 2.15 bits per heavy atom. The lowest BCUT2D eigenvalue weighted by Crippen LogP contribution is -2.23. The zero-order chi connectivity index (χ0) is 14.7. The standard InChI is InChI=1S/C12H8Cl2N2O4/c13-10-5-7(16(18)19)4-9(11(10)14)12(17)15-6-8-2-1-3-20-8/h1-5H,6H2,(H,15,17). The molecule has 0 aliphatic carbocycles. The number of hydrogen-bond acceptors (Lipinski definition) is 4. The van der Waals surface area contributed by atoms with Crippen molar-refractivity contribution in [3.05, 3.63) is 62.0 Å². The van der Waals surface area contributed by atoms with E-state index >= 15 is 0 Å². The molecule has 0 atom stereocenters. The molecule has 1 heterocycles. The number of amides is 1. The van der Waals surface area contributed by atoms with Gasteiger partial charge in [0, 0.05) is 12.1 Å². The van der Waals surface area contributed by atoms with Gasteiger partial charge in [-0.2, -0.15) is 0 Å². The van der Waals surface area contributed by atoms with E-state index < -0.39 is 10.8 Å². The van der Waals surface area contributed by atoms with Gasteiger partial charge in [-0.25, -0.2) is 0 Å². The van der Waals surface area contributed by atoms with Crippen molar-refractivity contribution in [1.29, 1.82) is 0 Å². The summed E-state index contributed by atoms with van der Waals surface area (Å²) in [5, 5.41) is 13.2. The molecule has 0 saturated heterocycles. The van der Waals surface area contributed by atoms with E-state index in [2.05, 4.69) is 5.32 Å². The molecule has 0 radical (unpaired) electrons. The summed E-state index contributed by atoms with van der Waals surface area (Å²) in [7, 11) is 0. The highest BCUT2D eigenvalue weighted by atomic mass is 35.5. The van der Waals surface area contributed by atoms with Crippen molar-refractivity contribution in [2.45, 2.75) is 6.54 Å². The van der Waals surface area contributed by atoms with Gasteiger partial charge in [-0.1, -0.05) is 23.2 Å². The van der Waals surface area contributed by atoms with Crippen molar-refractivity contribution in [2.24, 2.45) is 0 Å².